The Bertz CT molecular complexity index is 529. The van der Waals surface area contributed by atoms with E-state index in [1.165, 1.54) is 16.7 Å². The summed E-state index contributed by atoms with van der Waals surface area (Å²) in [5, 5.41) is -0.171. The molecule has 1 heterocycles. The van der Waals surface area contributed by atoms with Crippen molar-refractivity contribution in [2.45, 2.75) is 30.4 Å². The summed E-state index contributed by atoms with van der Waals surface area (Å²) >= 11 is 1.51. The Morgan fingerprint density at radius 3 is 2.45 bits per heavy atom. The quantitative estimate of drug-likeness (QED) is 0.684. The van der Waals surface area contributed by atoms with Gasteiger partial charge < -0.3 is 5.73 Å². The van der Waals surface area contributed by atoms with Crippen molar-refractivity contribution in [3.05, 3.63) is 29.8 Å². The number of hydrogen-bond acceptors (Lipinski definition) is 4. The predicted octanol–water partition coefficient (Wildman–Crippen LogP) is 2.04. The second-order valence-electron chi connectivity index (χ2n) is 5.19. The van der Waals surface area contributed by atoms with Gasteiger partial charge in [0, 0.05) is 12.7 Å². The molecule has 1 aromatic rings. The fraction of sp³-hybridized carbons (Fsp3) is 0.467. The van der Waals surface area contributed by atoms with Crippen molar-refractivity contribution in [1.29, 1.82) is 0 Å². The number of piperidine rings is 1. The highest BCUT2D eigenvalue weighted by molar-refractivity contribution is 7.99. The van der Waals surface area contributed by atoms with E-state index in [4.69, 9.17) is 5.73 Å². The lowest BCUT2D eigenvalue weighted by molar-refractivity contribution is -0.151. The number of thioether (sulfide) groups is 1. The molecule has 5 heteroatoms. The molecule has 2 atom stereocenters. The average molecular weight is 292 g/mol. The van der Waals surface area contributed by atoms with E-state index in [-0.39, 0.29) is 17.1 Å². The molecular weight excluding hydrogens is 272 g/mol. The number of carbonyl (C=O) groups is 2. The summed E-state index contributed by atoms with van der Waals surface area (Å²) in [6, 6.07) is 7.42. The number of anilines is 1. The first-order valence-electron chi connectivity index (χ1n) is 6.67. The lowest BCUT2D eigenvalue weighted by Crippen LogP contribution is -2.56. The fourth-order valence-electron chi connectivity index (χ4n) is 2.86. The van der Waals surface area contributed by atoms with Crippen LogP contribution < -0.4 is 5.73 Å². The minimum absolute atomic E-state index is 0.0954. The van der Waals surface area contributed by atoms with Crippen LogP contribution in [0.1, 0.15) is 25.3 Å². The summed E-state index contributed by atoms with van der Waals surface area (Å²) in [5.41, 5.74) is 6.72. The number of rotatable bonds is 3. The first-order valence-corrected chi connectivity index (χ1v) is 7.96. The number of amides is 2. The minimum Gasteiger partial charge on any atom is -0.399 e. The van der Waals surface area contributed by atoms with Crippen LogP contribution in [-0.2, 0) is 15.0 Å². The molecule has 2 amide bonds. The predicted molar refractivity (Wildman–Crippen MR) is 82.5 cm³/mol. The summed E-state index contributed by atoms with van der Waals surface area (Å²) in [5.74, 6) is -0.206. The summed E-state index contributed by atoms with van der Waals surface area (Å²) < 4.78 is 0. The van der Waals surface area contributed by atoms with Gasteiger partial charge in [0.25, 0.3) is 0 Å². The maximum Gasteiger partial charge on any atom is 0.242 e. The van der Waals surface area contributed by atoms with Crippen LogP contribution >= 0.6 is 11.8 Å². The molecule has 0 radical (unpaired) electrons. The van der Waals surface area contributed by atoms with E-state index in [0.717, 1.165) is 5.56 Å². The van der Waals surface area contributed by atoms with Crippen molar-refractivity contribution in [3.63, 3.8) is 0 Å². The maximum absolute atomic E-state index is 12.7. The number of benzene rings is 1. The molecule has 1 aliphatic rings. The van der Waals surface area contributed by atoms with Gasteiger partial charge in [-0.15, -0.1) is 0 Å². The van der Waals surface area contributed by atoms with Gasteiger partial charge in [-0.3, -0.25) is 14.5 Å². The Labute approximate surface area is 123 Å². The van der Waals surface area contributed by atoms with Gasteiger partial charge in [0.1, 0.15) is 0 Å². The van der Waals surface area contributed by atoms with Crippen molar-refractivity contribution in [2.75, 3.05) is 19.0 Å². The average Bonchev–Trinajstić information content (AvgIpc) is 2.47. The Morgan fingerprint density at radius 2 is 1.95 bits per heavy atom. The van der Waals surface area contributed by atoms with Crippen molar-refractivity contribution in [2.24, 2.45) is 0 Å². The van der Waals surface area contributed by atoms with Crippen LogP contribution in [0.5, 0.6) is 0 Å². The Hall–Kier alpha value is -1.49. The molecule has 2 rings (SSSR count). The molecule has 0 saturated carbocycles. The van der Waals surface area contributed by atoms with Gasteiger partial charge in [0.2, 0.25) is 11.8 Å². The molecule has 0 aromatic heterocycles. The molecule has 108 valence electrons. The number of likely N-dealkylation sites (tertiary alicyclic amines) is 1. The number of likely N-dealkylation sites (N-methyl/N-ethyl adjacent to an activating group) is 1. The van der Waals surface area contributed by atoms with E-state index in [2.05, 4.69) is 0 Å². The van der Waals surface area contributed by atoms with E-state index in [9.17, 15) is 9.59 Å². The van der Waals surface area contributed by atoms with Crippen LogP contribution in [0.3, 0.4) is 0 Å². The van der Waals surface area contributed by atoms with E-state index in [1.54, 1.807) is 7.05 Å². The number of imide groups is 1. The topological polar surface area (TPSA) is 63.4 Å². The van der Waals surface area contributed by atoms with Crippen molar-refractivity contribution in [1.82, 2.24) is 4.90 Å². The normalized spacial score (nSPS) is 26.9. The van der Waals surface area contributed by atoms with Crippen LogP contribution in [0.4, 0.5) is 5.69 Å². The maximum atomic E-state index is 12.7. The molecule has 2 unspecified atom stereocenters. The number of nitrogen functional groups attached to an aromatic ring is 1. The first-order chi connectivity index (χ1) is 9.46. The minimum atomic E-state index is -0.621. The molecule has 0 aliphatic carbocycles. The monoisotopic (exact) mass is 292 g/mol. The molecule has 20 heavy (non-hydrogen) atoms. The molecule has 1 fully saturated rings. The van der Waals surface area contributed by atoms with E-state index >= 15 is 0 Å². The van der Waals surface area contributed by atoms with Gasteiger partial charge in [0.05, 0.1) is 10.7 Å². The SMILES string of the molecule is CCC1(c2ccc(N)cc2)CC(SC)C(=O)N(C)C1=O. The highest BCUT2D eigenvalue weighted by Gasteiger charge is 2.49. The van der Waals surface area contributed by atoms with Gasteiger partial charge in [-0.05, 0) is 36.8 Å². The standard InChI is InChI=1S/C15H20N2O2S/c1-4-15(10-5-7-11(16)8-6-10)9-12(20-3)13(18)17(2)14(15)19/h5-8,12H,4,9,16H2,1-3H3. The molecule has 1 saturated heterocycles. The van der Waals surface area contributed by atoms with Crippen molar-refractivity contribution >= 4 is 29.3 Å². The van der Waals surface area contributed by atoms with Crippen LogP contribution in [0, 0.1) is 0 Å². The molecule has 0 bridgehead atoms. The number of nitrogens with zero attached hydrogens (tertiary/aromatic N) is 1. The zero-order valence-electron chi connectivity index (χ0n) is 12.1. The number of carbonyl (C=O) groups excluding carboxylic acids is 2. The number of hydrogen-bond donors (Lipinski definition) is 1. The van der Waals surface area contributed by atoms with Gasteiger partial charge in [-0.2, -0.15) is 11.8 Å². The summed E-state index contributed by atoms with van der Waals surface area (Å²) in [6.07, 6.45) is 3.14. The van der Waals surface area contributed by atoms with Gasteiger partial charge in [0.15, 0.2) is 0 Å². The third-order valence-electron chi connectivity index (χ3n) is 4.21. The highest BCUT2D eigenvalue weighted by Crippen LogP contribution is 2.41. The Balaban J connectivity index is 2.50. The zero-order chi connectivity index (χ0) is 14.9. The molecule has 4 nitrogen and oxygen atoms in total. The first kappa shape index (κ1) is 14.9. The fourth-order valence-corrected chi connectivity index (χ4v) is 3.67. The van der Waals surface area contributed by atoms with E-state index in [1.807, 2.05) is 37.4 Å². The van der Waals surface area contributed by atoms with Crippen LogP contribution in [0.15, 0.2) is 24.3 Å². The summed E-state index contributed by atoms with van der Waals surface area (Å²) in [7, 11) is 1.58. The third-order valence-corrected chi connectivity index (χ3v) is 5.14. The second kappa shape index (κ2) is 5.48. The van der Waals surface area contributed by atoms with E-state index in [0.29, 0.717) is 18.5 Å². The zero-order valence-corrected chi connectivity index (χ0v) is 12.9. The van der Waals surface area contributed by atoms with Crippen LogP contribution in [-0.4, -0.2) is 35.3 Å². The Kier molecular flexibility index (Phi) is 4.09. The van der Waals surface area contributed by atoms with Gasteiger partial charge >= 0.3 is 0 Å². The molecule has 1 aliphatic heterocycles. The van der Waals surface area contributed by atoms with Crippen LogP contribution in [0.2, 0.25) is 0 Å². The summed E-state index contributed by atoms with van der Waals surface area (Å²) in [6.45, 7) is 2.00. The summed E-state index contributed by atoms with van der Waals surface area (Å²) in [4.78, 5) is 26.1. The van der Waals surface area contributed by atoms with Gasteiger partial charge in [-0.25, -0.2) is 0 Å². The largest absolute Gasteiger partial charge is 0.399 e. The number of nitrogens with two attached hydrogens (primary N) is 1. The molecule has 2 N–H and O–H groups in total. The van der Waals surface area contributed by atoms with Crippen LogP contribution in [0.25, 0.3) is 0 Å². The lowest BCUT2D eigenvalue weighted by Gasteiger charge is -2.42. The highest BCUT2D eigenvalue weighted by atomic mass is 32.2. The lowest BCUT2D eigenvalue weighted by atomic mass is 9.71. The Morgan fingerprint density at radius 1 is 1.35 bits per heavy atom. The molecule has 0 spiro atoms. The van der Waals surface area contributed by atoms with Crippen molar-refractivity contribution < 1.29 is 9.59 Å². The third kappa shape index (κ3) is 2.20. The second-order valence-corrected chi connectivity index (χ2v) is 6.23. The van der Waals surface area contributed by atoms with Crippen molar-refractivity contribution in [3.8, 4) is 0 Å². The molecular formula is C15H20N2O2S. The van der Waals surface area contributed by atoms with E-state index < -0.39 is 5.41 Å². The van der Waals surface area contributed by atoms with Gasteiger partial charge in [-0.1, -0.05) is 19.1 Å². The molecule has 1 aromatic carbocycles. The smallest absolute Gasteiger partial charge is 0.242 e.